The van der Waals surface area contributed by atoms with Crippen molar-refractivity contribution >= 4 is 11.5 Å². The van der Waals surface area contributed by atoms with Crippen LogP contribution in [0, 0.1) is 24.7 Å². The first-order valence-corrected chi connectivity index (χ1v) is 19.9. The molecule has 3 saturated heterocycles. The molecule has 0 radical (unpaired) electrons. The molecule has 5 aliphatic rings. The zero-order chi connectivity index (χ0) is 38.0. The number of aliphatic hydroxyl groups is 2. The van der Waals surface area contributed by atoms with E-state index in [9.17, 15) is 20.1 Å². The monoisotopic (exact) mass is 738 g/mol. The van der Waals surface area contributed by atoms with Crippen LogP contribution >= 0.6 is 0 Å². The summed E-state index contributed by atoms with van der Waals surface area (Å²) >= 11 is 0. The predicted molar refractivity (Wildman–Crippen MR) is 201 cm³/mol. The highest BCUT2D eigenvalue weighted by molar-refractivity contribution is 5.96. The first-order valence-electron chi connectivity index (χ1n) is 19.9. The Kier molecular flexibility index (Phi) is 12.9. The number of methoxy groups -OCH3 is 1. The van der Waals surface area contributed by atoms with Crippen molar-refractivity contribution in [1.29, 1.82) is 0 Å². The highest BCUT2D eigenvalue weighted by Gasteiger charge is 2.53. The number of allylic oxidation sites excluding steroid dienone is 3. The van der Waals surface area contributed by atoms with E-state index in [0.717, 1.165) is 36.8 Å². The lowest BCUT2D eigenvalue weighted by molar-refractivity contribution is -0.354. The van der Waals surface area contributed by atoms with Gasteiger partial charge in [-0.1, -0.05) is 57.4 Å². The molecule has 10 heteroatoms. The number of aromatic hydroxyl groups is 1. The van der Waals surface area contributed by atoms with Crippen LogP contribution in [0.5, 0.6) is 5.75 Å². The van der Waals surface area contributed by atoms with Crippen molar-refractivity contribution in [3.63, 3.8) is 0 Å². The quantitative estimate of drug-likeness (QED) is 0.213. The zero-order valence-electron chi connectivity index (χ0n) is 32.7. The number of esters is 1. The van der Waals surface area contributed by atoms with Crippen LogP contribution in [0.25, 0.3) is 5.57 Å². The molecular weight excluding hydrogens is 676 g/mol. The Morgan fingerprint density at radius 2 is 1.68 bits per heavy atom. The molecule has 0 unspecified atom stereocenters. The van der Waals surface area contributed by atoms with Gasteiger partial charge in [0.2, 0.25) is 0 Å². The first kappa shape index (κ1) is 40.1. The highest BCUT2D eigenvalue weighted by atomic mass is 16.7. The van der Waals surface area contributed by atoms with Crippen LogP contribution in [0.4, 0.5) is 0 Å². The summed E-state index contributed by atoms with van der Waals surface area (Å²) in [5.74, 6) is -1.25. The van der Waals surface area contributed by atoms with Gasteiger partial charge in [-0.3, -0.25) is 0 Å². The van der Waals surface area contributed by atoms with Crippen LogP contribution < -0.4 is 0 Å². The summed E-state index contributed by atoms with van der Waals surface area (Å²) in [6.07, 6.45) is 11.5. The number of aryl methyl sites for hydroxylation is 1. The summed E-state index contributed by atoms with van der Waals surface area (Å²) in [6.45, 7) is 11.7. The lowest BCUT2D eigenvalue weighted by atomic mass is 9.75. The summed E-state index contributed by atoms with van der Waals surface area (Å²) in [6, 6.07) is 3.32. The van der Waals surface area contributed by atoms with Crippen molar-refractivity contribution in [2.45, 2.75) is 167 Å². The molecule has 1 saturated carbocycles. The second-order valence-electron chi connectivity index (χ2n) is 16.5. The van der Waals surface area contributed by atoms with Crippen LogP contribution in [0.2, 0.25) is 0 Å². The van der Waals surface area contributed by atoms with Gasteiger partial charge in [-0.25, -0.2) is 4.79 Å². The minimum absolute atomic E-state index is 0.0327. The SMILES string of the molecule is CO[C@H]1C[C@H](O[C@@H]2C(C)=CC[C@@H]3C[C@@H](C[C@]4(C[C@H](O)[C@H](C)[C@@H](C5CCCCC5)O4)O3)OC(=O)c3cc(C)c(O)cc3C(C)=CC=C[C@@H]2C)O[C@@H](C)[C@@H]1O. The number of carbonyl (C=O) groups excluding carboxylic acids is 1. The van der Waals surface area contributed by atoms with Crippen molar-refractivity contribution in [2.24, 2.45) is 17.8 Å². The number of rotatable bonds is 4. The topological polar surface area (TPSA) is 133 Å². The fraction of sp³-hybridized carbons (Fsp3) is 0.698. The zero-order valence-corrected chi connectivity index (χ0v) is 32.7. The predicted octanol–water partition coefficient (Wildman–Crippen LogP) is 7.31. The van der Waals surface area contributed by atoms with Crippen molar-refractivity contribution < 1.29 is 48.5 Å². The molecule has 0 amide bonds. The van der Waals surface area contributed by atoms with Crippen LogP contribution in [-0.2, 0) is 28.4 Å². The molecule has 12 atom stereocenters. The molecule has 1 aromatic carbocycles. The number of ether oxygens (including phenoxy) is 6. The minimum atomic E-state index is -1.10. The maximum atomic E-state index is 14.1. The van der Waals surface area contributed by atoms with Crippen molar-refractivity contribution in [3.05, 3.63) is 58.7 Å². The van der Waals surface area contributed by atoms with Crippen molar-refractivity contribution in [1.82, 2.24) is 0 Å². The summed E-state index contributed by atoms with van der Waals surface area (Å²) in [5, 5.41) is 32.8. The molecule has 1 aromatic rings. The third-order valence-electron chi connectivity index (χ3n) is 12.5. The van der Waals surface area contributed by atoms with Gasteiger partial charge in [-0.2, -0.15) is 0 Å². The van der Waals surface area contributed by atoms with E-state index < -0.39 is 48.6 Å². The molecule has 53 heavy (non-hydrogen) atoms. The minimum Gasteiger partial charge on any atom is -0.508 e. The van der Waals surface area contributed by atoms with E-state index in [0.29, 0.717) is 54.7 Å². The van der Waals surface area contributed by atoms with Crippen LogP contribution in [-0.4, -0.2) is 89.3 Å². The first-order chi connectivity index (χ1) is 25.3. The van der Waals surface area contributed by atoms with Gasteiger partial charge in [0.15, 0.2) is 12.1 Å². The maximum absolute atomic E-state index is 14.1. The number of phenolic OH excluding ortho intramolecular Hbond substituents is 1. The third kappa shape index (κ3) is 9.12. The summed E-state index contributed by atoms with van der Waals surface area (Å²) < 4.78 is 38.7. The van der Waals surface area contributed by atoms with Crippen molar-refractivity contribution in [2.75, 3.05) is 7.11 Å². The largest absolute Gasteiger partial charge is 0.508 e. The smallest absolute Gasteiger partial charge is 0.339 e. The van der Waals surface area contributed by atoms with E-state index in [1.165, 1.54) is 6.42 Å². The van der Waals surface area contributed by atoms with Gasteiger partial charge >= 0.3 is 5.97 Å². The van der Waals surface area contributed by atoms with Crippen LogP contribution in [0.3, 0.4) is 0 Å². The maximum Gasteiger partial charge on any atom is 0.339 e. The van der Waals surface area contributed by atoms with E-state index in [2.05, 4.69) is 26.0 Å². The van der Waals surface area contributed by atoms with Crippen molar-refractivity contribution in [3.8, 4) is 5.75 Å². The van der Waals surface area contributed by atoms with Gasteiger partial charge in [0, 0.05) is 44.6 Å². The Morgan fingerprint density at radius 1 is 0.925 bits per heavy atom. The highest BCUT2D eigenvalue weighted by Crippen LogP contribution is 2.47. The van der Waals surface area contributed by atoms with Gasteiger partial charge in [0.1, 0.15) is 18.0 Å². The van der Waals surface area contributed by atoms with E-state index in [1.807, 2.05) is 32.9 Å². The summed E-state index contributed by atoms with van der Waals surface area (Å²) in [7, 11) is 1.59. The van der Waals surface area contributed by atoms with E-state index in [1.54, 1.807) is 26.2 Å². The Morgan fingerprint density at radius 3 is 2.42 bits per heavy atom. The van der Waals surface area contributed by atoms with E-state index >= 15 is 0 Å². The van der Waals surface area contributed by atoms with Gasteiger partial charge in [0.25, 0.3) is 0 Å². The molecule has 0 aromatic heterocycles. The van der Waals surface area contributed by atoms with Gasteiger partial charge in [-0.15, -0.1) is 0 Å². The lowest BCUT2D eigenvalue weighted by Crippen LogP contribution is -2.59. The van der Waals surface area contributed by atoms with Gasteiger partial charge < -0.3 is 43.7 Å². The third-order valence-corrected chi connectivity index (χ3v) is 12.5. The molecular formula is C43H62O10. The molecule has 3 N–H and O–H groups in total. The molecule has 10 nitrogen and oxygen atoms in total. The number of carbonyl (C=O) groups is 1. The summed E-state index contributed by atoms with van der Waals surface area (Å²) in [4.78, 5) is 14.1. The number of hydrogen-bond acceptors (Lipinski definition) is 10. The Bertz CT molecular complexity index is 1530. The molecule has 4 heterocycles. The Balaban J connectivity index is 1.37. The molecule has 2 bridgehead atoms. The van der Waals surface area contributed by atoms with Gasteiger partial charge in [0.05, 0.1) is 42.2 Å². The average molecular weight is 739 g/mol. The number of aliphatic hydroxyl groups excluding tert-OH is 2. The number of hydrogen-bond donors (Lipinski definition) is 3. The molecule has 1 spiro atoms. The Hall–Kier alpha value is -2.57. The second-order valence-corrected chi connectivity index (χ2v) is 16.5. The Labute approximate surface area is 315 Å². The standard InChI is InChI=1S/C43H62O10/c1-24-12-11-13-25(2)40(51-38-21-37(48-7)39(46)29(6)49-38)26(3)16-17-31-19-32(50-42(47)34-18-27(4)35(44)20-33(24)34)22-43(52-31)23-36(45)28(5)41(53-43)30-14-9-8-10-15-30/h11-13,16,18,20,25,28-32,36-41,44-46H,8-10,14-15,17,19,21-23H2,1-7H3/t25-,28-,29-,31+,32-,36-,37-,38-,39-,40-,41-,43-/m0/s1. The fourth-order valence-corrected chi connectivity index (χ4v) is 9.23. The number of benzene rings is 1. The molecule has 1 aliphatic carbocycles. The van der Waals surface area contributed by atoms with Crippen LogP contribution in [0.1, 0.15) is 120 Å². The van der Waals surface area contributed by atoms with Gasteiger partial charge in [-0.05, 0) is 87.3 Å². The second kappa shape index (κ2) is 17.1. The average Bonchev–Trinajstić information content (AvgIpc) is 3.13. The summed E-state index contributed by atoms with van der Waals surface area (Å²) in [5.41, 5.74) is 3.34. The number of phenols is 1. The molecule has 294 valence electrons. The fourth-order valence-electron chi connectivity index (χ4n) is 9.23. The van der Waals surface area contributed by atoms with E-state index in [4.69, 9.17) is 28.4 Å². The molecule has 4 fully saturated rings. The lowest BCUT2D eigenvalue weighted by Gasteiger charge is -2.53. The normalized spacial score (nSPS) is 39.2. The van der Waals surface area contributed by atoms with E-state index in [-0.39, 0.29) is 35.9 Å². The molecule has 6 rings (SSSR count). The molecule has 4 aliphatic heterocycles. The van der Waals surface area contributed by atoms with Crippen LogP contribution in [0.15, 0.2) is 42.0 Å². The number of fused-ring (bicyclic) bond motifs is 3.